The van der Waals surface area contributed by atoms with E-state index in [9.17, 15) is 21.6 Å². The van der Waals surface area contributed by atoms with Gasteiger partial charge in [0.15, 0.2) is 9.84 Å². The first-order chi connectivity index (χ1) is 13.2. The van der Waals surface area contributed by atoms with Gasteiger partial charge in [0.1, 0.15) is 0 Å². The average Bonchev–Trinajstić information content (AvgIpc) is 3.02. The molecule has 1 unspecified atom stereocenters. The monoisotopic (exact) mass is 431 g/mol. The van der Waals surface area contributed by atoms with Crippen molar-refractivity contribution in [3.8, 4) is 0 Å². The van der Waals surface area contributed by atoms with E-state index in [0.717, 1.165) is 0 Å². The molecule has 0 aromatic heterocycles. The number of piperidine rings is 1. The van der Waals surface area contributed by atoms with E-state index >= 15 is 0 Å². The Hall–Kier alpha value is -1.69. The number of methoxy groups -OCH3 is 1. The summed E-state index contributed by atoms with van der Waals surface area (Å²) in [6.45, 7) is 1.35. The van der Waals surface area contributed by atoms with Gasteiger partial charge >= 0.3 is 6.09 Å². The van der Waals surface area contributed by atoms with Crippen LogP contribution in [0.1, 0.15) is 19.3 Å². The summed E-state index contributed by atoms with van der Waals surface area (Å²) < 4.78 is 55.7. The molecule has 3 rings (SSSR count). The van der Waals surface area contributed by atoms with Crippen LogP contribution in [0, 0.1) is 0 Å². The number of sulfonamides is 1. The molecule has 2 aliphatic heterocycles. The van der Waals surface area contributed by atoms with Crippen LogP contribution < -0.4 is 10.0 Å². The molecule has 0 saturated carbocycles. The lowest BCUT2D eigenvalue weighted by molar-refractivity contribution is 0.161. The van der Waals surface area contributed by atoms with E-state index in [1.54, 1.807) is 0 Å². The van der Waals surface area contributed by atoms with Crippen molar-refractivity contribution in [3.05, 3.63) is 24.3 Å². The standard InChI is InChI=1S/C17H25N3O6S2/c1-26-17(21)18-13-2-4-16(5-3-13)28(24,25)19-14-6-9-20(10-7-14)15-8-11-27(22,23)12-15/h2-5,14-15,19H,6-12H2,1H3,(H,18,21). The first-order valence-corrected chi connectivity index (χ1v) is 12.4. The molecule has 9 nitrogen and oxygen atoms in total. The van der Waals surface area contributed by atoms with Gasteiger partial charge in [-0.1, -0.05) is 0 Å². The van der Waals surface area contributed by atoms with Crippen molar-refractivity contribution in [1.82, 2.24) is 9.62 Å². The molecule has 2 aliphatic rings. The highest BCUT2D eigenvalue weighted by Crippen LogP contribution is 2.23. The van der Waals surface area contributed by atoms with Gasteiger partial charge in [-0.2, -0.15) is 0 Å². The molecular formula is C17H25N3O6S2. The molecule has 0 radical (unpaired) electrons. The fraction of sp³-hybridized carbons (Fsp3) is 0.588. The predicted molar refractivity (Wildman–Crippen MR) is 104 cm³/mol. The summed E-state index contributed by atoms with van der Waals surface area (Å²) in [6.07, 6.45) is 1.30. The van der Waals surface area contributed by atoms with Crippen molar-refractivity contribution in [1.29, 1.82) is 0 Å². The van der Waals surface area contributed by atoms with Crippen LogP contribution in [-0.2, 0) is 24.6 Å². The maximum atomic E-state index is 12.6. The highest BCUT2D eigenvalue weighted by molar-refractivity contribution is 7.91. The number of anilines is 1. The lowest BCUT2D eigenvalue weighted by atomic mass is 10.0. The van der Waals surface area contributed by atoms with Gasteiger partial charge in [-0.3, -0.25) is 10.2 Å². The molecule has 2 N–H and O–H groups in total. The van der Waals surface area contributed by atoms with E-state index in [2.05, 4.69) is 19.7 Å². The van der Waals surface area contributed by atoms with Crippen molar-refractivity contribution in [3.63, 3.8) is 0 Å². The molecule has 2 fully saturated rings. The van der Waals surface area contributed by atoms with Crippen molar-refractivity contribution >= 4 is 31.6 Å². The molecule has 28 heavy (non-hydrogen) atoms. The number of amides is 1. The smallest absolute Gasteiger partial charge is 0.411 e. The zero-order chi connectivity index (χ0) is 20.4. The van der Waals surface area contributed by atoms with Crippen LogP contribution in [0.15, 0.2) is 29.2 Å². The summed E-state index contributed by atoms with van der Waals surface area (Å²) in [4.78, 5) is 13.5. The van der Waals surface area contributed by atoms with Gasteiger partial charge in [0.25, 0.3) is 0 Å². The van der Waals surface area contributed by atoms with Gasteiger partial charge in [-0.25, -0.2) is 26.4 Å². The molecule has 2 saturated heterocycles. The van der Waals surface area contributed by atoms with Gasteiger partial charge < -0.3 is 4.74 Å². The topological polar surface area (TPSA) is 122 Å². The Morgan fingerprint density at radius 3 is 2.32 bits per heavy atom. The molecule has 0 bridgehead atoms. The first-order valence-electron chi connectivity index (χ1n) is 9.10. The molecule has 1 amide bonds. The molecular weight excluding hydrogens is 406 g/mol. The predicted octanol–water partition coefficient (Wildman–Crippen LogP) is 0.795. The molecule has 0 spiro atoms. The first kappa shape index (κ1) is 21.0. The highest BCUT2D eigenvalue weighted by Gasteiger charge is 2.34. The fourth-order valence-corrected chi connectivity index (χ4v) is 6.69. The van der Waals surface area contributed by atoms with Crippen LogP contribution in [0.4, 0.5) is 10.5 Å². The van der Waals surface area contributed by atoms with E-state index < -0.39 is 26.0 Å². The number of hydrogen-bond acceptors (Lipinski definition) is 7. The second-order valence-electron chi connectivity index (χ2n) is 7.13. The van der Waals surface area contributed by atoms with Crippen LogP contribution in [0.3, 0.4) is 0 Å². The third kappa shape index (κ3) is 5.22. The Labute approximate surface area is 165 Å². The van der Waals surface area contributed by atoms with Crippen molar-refractivity contribution in [2.75, 3.05) is 37.0 Å². The summed E-state index contributed by atoms with van der Waals surface area (Å²) in [7, 11) is -5.35. The Kier molecular flexibility index (Phi) is 6.28. The Morgan fingerprint density at radius 2 is 1.79 bits per heavy atom. The minimum atomic E-state index is -3.67. The second kappa shape index (κ2) is 8.36. The van der Waals surface area contributed by atoms with Gasteiger partial charge in [-0.15, -0.1) is 0 Å². The number of nitrogens with one attached hydrogen (secondary N) is 2. The number of hydrogen-bond donors (Lipinski definition) is 2. The lowest BCUT2D eigenvalue weighted by Crippen LogP contribution is -2.48. The number of sulfone groups is 1. The lowest BCUT2D eigenvalue weighted by Gasteiger charge is -2.35. The van der Waals surface area contributed by atoms with E-state index in [4.69, 9.17) is 0 Å². The summed E-state index contributed by atoms with van der Waals surface area (Å²) >= 11 is 0. The molecule has 0 aliphatic carbocycles. The number of ether oxygens (including phenoxy) is 1. The van der Waals surface area contributed by atoms with E-state index in [-0.39, 0.29) is 28.5 Å². The molecule has 1 aromatic carbocycles. The van der Waals surface area contributed by atoms with Crippen molar-refractivity contribution in [2.45, 2.75) is 36.2 Å². The summed E-state index contributed by atoms with van der Waals surface area (Å²) in [5.41, 5.74) is 0.436. The largest absolute Gasteiger partial charge is 0.453 e. The number of rotatable bonds is 5. The maximum absolute atomic E-state index is 12.6. The van der Waals surface area contributed by atoms with Gasteiger partial charge in [0.2, 0.25) is 10.0 Å². The number of likely N-dealkylation sites (tertiary alicyclic amines) is 1. The number of benzene rings is 1. The van der Waals surface area contributed by atoms with Crippen molar-refractivity contribution < 1.29 is 26.4 Å². The normalized spacial score (nSPS) is 23.4. The minimum absolute atomic E-state index is 0.0532. The van der Waals surface area contributed by atoms with Crippen LogP contribution in [0.25, 0.3) is 0 Å². The second-order valence-corrected chi connectivity index (χ2v) is 11.1. The minimum Gasteiger partial charge on any atom is -0.453 e. The summed E-state index contributed by atoms with van der Waals surface area (Å²) in [5.74, 6) is 0.445. The van der Waals surface area contributed by atoms with Crippen LogP contribution >= 0.6 is 0 Å². The SMILES string of the molecule is COC(=O)Nc1ccc(S(=O)(=O)NC2CCN(C3CCS(=O)(=O)C3)CC2)cc1. The zero-order valence-corrected chi connectivity index (χ0v) is 17.3. The Balaban J connectivity index is 1.54. The fourth-order valence-electron chi connectivity index (χ4n) is 3.62. The molecule has 1 atom stereocenters. The van der Waals surface area contributed by atoms with Gasteiger partial charge in [-0.05, 0) is 56.6 Å². The van der Waals surface area contributed by atoms with Gasteiger partial charge in [0.05, 0.1) is 23.5 Å². The van der Waals surface area contributed by atoms with Gasteiger partial charge in [0, 0.05) is 17.8 Å². The number of nitrogens with zero attached hydrogens (tertiary/aromatic N) is 1. The number of carbonyl (C=O) groups excluding carboxylic acids is 1. The zero-order valence-electron chi connectivity index (χ0n) is 15.6. The quantitative estimate of drug-likeness (QED) is 0.707. The maximum Gasteiger partial charge on any atom is 0.411 e. The Morgan fingerprint density at radius 1 is 1.14 bits per heavy atom. The van der Waals surface area contributed by atoms with Crippen molar-refractivity contribution in [2.24, 2.45) is 0 Å². The van der Waals surface area contributed by atoms with E-state index in [1.807, 2.05) is 0 Å². The third-order valence-electron chi connectivity index (χ3n) is 5.17. The summed E-state index contributed by atoms with van der Waals surface area (Å²) in [5, 5.41) is 2.46. The van der Waals surface area contributed by atoms with Crippen LogP contribution in [-0.4, -0.2) is 71.6 Å². The molecule has 11 heteroatoms. The van der Waals surface area contributed by atoms with E-state index in [0.29, 0.717) is 38.0 Å². The number of carbonyl (C=O) groups is 1. The van der Waals surface area contributed by atoms with Crippen LogP contribution in [0.5, 0.6) is 0 Å². The Bertz CT molecular complexity index is 907. The molecule has 1 aromatic rings. The highest BCUT2D eigenvalue weighted by atomic mass is 32.2. The molecule has 156 valence electrons. The van der Waals surface area contributed by atoms with Crippen LogP contribution in [0.2, 0.25) is 0 Å². The average molecular weight is 432 g/mol. The molecule has 2 heterocycles. The van der Waals surface area contributed by atoms with E-state index in [1.165, 1.54) is 31.4 Å². The summed E-state index contributed by atoms with van der Waals surface area (Å²) in [6, 6.07) is 5.70. The third-order valence-corrected chi connectivity index (χ3v) is 8.46.